The zero-order chi connectivity index (χ0) is 8.85. The van der Waals surface area contributed by atoms with E-state index in [0.29, 0.717) is 6.04 Å². The van der Waals surface area contributed by atoms with Gasteiger partial charge in [-0.3, -0.25) is 0 Å². The van der Waals surface area contributed by atoms with Crippen LogP contribution in [0, 0.1) is 0 Å². The summed E-state index contributed by atoms with van der Waals surface area (Å²) in [5.74, 6) is 0. The Morgan fingerprint density at radius 2 is 2.00 bits per heavy atom. The van der Waals surface area contributed by atoms with Crippen molar-refractivity contribution in [2.24, 2.45) is 5.73 Å². The first-order valence-corrected chi connectivity index (χ1v) is 3.89. The van der Waals surface area contributed by atoms with Crippen LogP contribution in [0.15, 0.2) is 12.2 Å². The summed E-state index contributed by atoms with van der Waals surface area (Å²) in [7, 11) is 3.77. The predicted molar refractivity (Wildman–Crippen MR) is 49.3 cm³/mol. The van der Waals surface area contributed by atoms with Crippen molar-refractivity contribution in [2.45, 2.75) is 25.6 Å². The molecule has 0 fully saturated rings. The van der Waals surface area contributed by atoms with E-state index in [9.17, 15) is 0 Å². The lowest BCUT2D eigenvalue weighted by atomic mass is 10.1. The van der Waals surface area contributed by atoms with Crippen LogP contribution in [0.4, 0.5) is 0 Å². The van der Waals surface area contributed by atoms with Crippen molar-refractivity contribution >= 4 is 0 Å². The molecule has 4 N–H and O–H groups in total. The highest BCUT2D eigenvalue weighted by Crippen LogP contribution is 2.04. The molecule has 0 saturated heterocycles. The second kappa shape index (κ2) is 5.29. The molecule has 0 rings (SSSR count). The van der Waals surface area contributed by atoms with Gasteiger partial charge in [-0.25, -0.2) is 0 Å². The maximum atomic E-state index is 5.67. The summed E-state index contributed by atoms with van der Waals surface area (Å²) >= 11 is 0. The fourth-order valence-electron chi connectivity index (χ4n) is 0.765. The van der Waals surface area contributed by atoms with Gasteiger partial charge in [-0.1, -0.05) is 12.2 Å². The van der Waals surface area contributed by atoms with Crippen LogP contribution in [0.25, 0.3) is 0 Å². The smallest absolute Gasteiger partial charge is 0.0582 e. The average molecular weight is 157 g/mol. The molecular weight excluding hydrogens is 138 g/mol. The molecule has 66 valence electrons. The molecule has 2 unspecified atom stereocenters. The van der Waals surface area contributed by atoms with Gasteiger partial charge in [0.1, 0.15) is 0 Å². The second-order valence-electron chi connectivity index (χ2n) is 2.77. The Kier molecular flexibility index (Phi) is 5.11. The van der Waals surface area contributed by atoms with Crippen molar-refractivity contribution in [3.63, 3.8) is 0 Å². The molecule has 0 spiro atoms. The lowest BCUT2D eigenvalue weighted by Crippen LogP contribution is -2.37. The van der Waals surface area contributed by atoms with E-state index >= 15 is 0 Å². The van der Waals surface area contributed by atoms with E-state index in [-0.39, 0.29) is 6.17 Å². The molecule has 0 heterocycles. The molecule has 0 aromatic heterocycles. The van der Waals surface area contributed by atoms with Crippen LogP contribution in [0.1, 0.15) is 13.3 Å². The zero-order valence-corrected chi connectivity index (χ0v) is 7.65. The van der Waals surface area contributed by atoms with Crippen LogP contribution in [0.3, 0.4) is 0 Å². The van der Waals surface area contributed by atoms with Gasteiger partial charge in [-0.2, -0.15) is 0 Å². The van der Waals surface area contributed by atoms with Gasteiger partial charge in [0.25, 0.3) is 0 Å². The predicted octanol–water partition coefficient (Wildman–Crippen LogP) is 0.0448. The van der Waals surface area contributed by atoms with Gasteiger partial charge < -0.3 is 16.4 Å². The van der Waals surface area contributed by atoms with Crippen molar-refractivity contribution in [3.05, 3.63) is 12.2 Å². The summed E-state index contributed by atoms with van der Waals surface area (Å²) < 4.78 is 0. The van der Waals surface area contributed by atoms with E-state index < -0.39 is 0 Å². The first-order valence-electron chi connectivity index (χ1n) is 3.89. The summed E-state index contributed by atoms with van der Waals surface area (Å²) in [4.78, 5) is 0. The highest BCUT2D eigenvalue weighted by Gasteiger charge is 2.06. The first kappa shape index (κ1) is 10.6. The summed E-state index contributed by atoms with van der Waals surface area (Å²) in [5, 5.41) is 6.08. The molecular formula is C8H19N3. The summed E-state index contributed by atoms with van der Waals surface area (Å²) in [6.07, 6.45) is 0.844. The van der Waals surface area contributed by atoms with Crippen molar-refractivity contribution in [1.82, 2.24) is 10.6 Å². The number of hydrogen-bond donors (Lipinski definition) is 3. The summed E-state index contributed by atoms with van der Waals surface area (Å²) in [6.45, 7) is 6.01. The van der Waals surface area contributed by atoms with Gasteiger partial charge in [0.15, 0.2) is 0 Å². The molecule has 0 aliphatic heterocycles. The molecule has 0 aromatic carbocycles. The van der Waals surface area contributed by atoms with E-state index in [1.165, 1.54) is 0 Å². The average Bonchev–Trinajstić information content (AvgIpc) is 2.02. The van der Waals surface area contributed by atoms with Gasteiger partial charge in [0.05, 0.1) is 6.17 Å². The highest BCUT2D eigenvalue weighted by molar-refractivity contribution is 5.04. The molecule has 0 aliphatic rings. The zero-order valence-electron chi connectivity index (χ0n) is 7.65. The third-order valence-electron chi connectivity index (χ3n) is 1.90. The number of hydrogen-bond acceptors (Lipinski definition) is 3. The normalized spacial score (nSPS) is 16.0. The quantitative estimate of drug-likeness (QED) is 0.390. The number of rotatable bonds is 5. The summed E-state index contributed by atoms with van der Waals surface area (Å²) in [6, 6.07) is 0.342. The van der Waals surface area contributed by atoms with Crippen LogP contribution in [-0.2, 0) is 0 Å². The lowest BCUT2D eigenvalue weighted by molar-refractivity contribution is 0.546. The van der Waals surface area contributed by atoms with Crippen LogP contribution in [0.5, 0.6) is 0 Å². The van der Waals surface area contributed by atoms with Crippen molar-refractivity contribution in [1.29, 1.82) is 0 Å². The molecule has 3 nitrogen and oxygen atoms in total. The minimum atomic E-state index is 0.0262. The monoisotopic (exact) mass is 157 g/mol. The third-order valence-corrected chi connectivity index (χ3v) is 1.90. The minimum absolute atomic E-state index is 0.0262. The standard InChI is InChI=1S/C8H19N3/c1-6(7(2)10-3)5-8(9)11-4/h7-8,10-11H,1,5,9H2,2-4H3. The third kappa shape index (κ3) is 4.14. The van der Waals surface area contributed by atoms with E-state index in [0.717, 1.165) is 12.0 Å². The van der Waals surface area contributed by atoms with Crippen LogP contribution < -0.4 is 16.4 Å². The molecule has 0 aliphatic carbocycles. The number of nitrogens with two attached hydrogens (primary N) is 1. The molecule has 0 radical (unpaired) electrons. The Morgan fingerprint density at radius 3 is 2.36 bits per heavy atom. The van der Waals surface area contributed by atoms with E-state index in [2.05, 4.69) is 24.1 Å². The Balaban J connectivity index is 3.68. The Hall–Kier alpha value is -0.380. The Labute approximate surface area is 69.0 Å². The maximum absolute atomic E-state index is 5.67. The molecule has 2 atom stereocenters. The fourth-order valence-corrected chi connectivity index (χ4v) is 0.765. The van der Waals surface area contributed by atoms with Crippen LogP contribution >= 0.6 is 0 Å². The minimum Gasteiger partial charge on any atom is -0.316 e. The lowest BCUT2D eigenvalue weighted by Gasteiger charge is -2.17. The number of likely N-dealkylation sites (N-methyl/N-ethyl adjacent to an activating group) is 1. The molecule has 11 heavy (non-hydrogen) atoms. The van der Waals surface area contributed by atoms with Gasteiger partial charge in [0.2, 0.25) is 0 Å². The topological polar surface area (TPSA) is 50.1 Å². The molecule has 0 saturated carbocycles. The second-order valence-corrected chi connectivity index (χ2v) is 2.77. The largest absolute Gasteiger partial charge is 0.316 e. The van der Waals surface area contributed by atoms with E-state index in [1.807, 2.05) is 14.1 Å². The van der Waals surface area contributed by atoms with Gasteiger partial charge >= 0.3 is 0 Å². The summed E-state index contributed by atoms with van der Waals surface area (Å²) in [5.41, 5.74) is 6.80. The number of nitrogens with one attached hydrogen (secondary N) is 2. The van der Waals surface area contributed by atoms with E-state index in [4.69, 9.17) is 5.73 Å². The van der Waals surface area contributed by atoms with Gasteiger partial charge in [-0.15, -0.1) is 0 Å². The highest BCUT2D eigenvalue weighted by atomic mass is 15.0. The molecule has 0 amide bonds. The van der Waals surface area contributed by atoms with Crippen molar-refractivity contribution < 1.29 is 0 Å². The SMILES string of the molecule is C=C(CC(N)NC)C(C)NC. The first-order chi connectivity index (χ1) is 5.11. The van der Waals surface area contributed by atoms with Crippen molar-refractivity contribution in [2.75, 3.05) is 14.1 Å². The van der Waals surface area contributed by atoms with Gasteiger partial charge in [0, 0.05) is 6.04 Å². The van der Waals surface area contributed by atoms with Crippen LogP contribution in [0.2, 0.25) is 0 Å². The molecule has 0 aromatic rings. The molecule has 3 heteroatoms. The van der Waals surface area contributed by atoms with Crippen LogP contribution in [-0.4, -0.2) is 26.3 Å². The molecule has 0 bridgehead atoms. The Bertz CT molecular complexity index is 123. The maximum Gasteiger partial charge on any atom is 0.0582 e. The van der Waals surface area contributed by atoms with Gasteiger partial charge in [-0.05, 0) is 27.4 Å². The Morgan fingerprint density at radius 1 is 1.45 bits per heavy atom. The van der Waals surface area contributed by atoms with E-state index in [1.54, 1.807) is 0 Å². The fraction of sp³-hybridized carbons (Fsp3) is 0.750. The van der Waals surface area contributed by atoms with Crippen molar-refractivity contribution in [3.8, 4) is 0 Å².